The Kier molecular flexibility index (Phi) is 5.32. The van der Waals surface area contributed by atoms with Crippen molar-refractivity contribution >= 4 is 33.1 Å². The molecule has 3 rings (SSSR count). The van der Waals surface area contributed by atoms with Crippen LogP contribution in [-0.2, 0) is 21.2 Å². The molecule has 6 nitrogen and oxygen atoms in total. The molecule has 1 amide bonds. The third kappa shape index (κ3) is 4.36. The fourth-order valence-electron chi connectivity index (χ4n) is 3.26. The molecular formula is C20H22N2O4S. The number of sulfonamides is 1. The van der Waals surface area contributed by atoms with Gasteiger partial charge in [-0.05, 0) is 42.7 Å². The highest BCUT2D eigenvalue weighted by Gasteiger charge is 2.26. The second-order valence-corrected chi connectivity index (χ2v) is 8.62. The summed E-state index contributed by atoms with van der Waals surface area (Å²) < 4.78 is 24.9. The Labute approximate surface area is 159 Å². The highest BCUT2D eigenvalue weighted by molar-refractivity contribution is 7.92. The summed E-state index contributed by atoms with van der Waals surface area (Å²) in [4.78, 5) is 24.5. The van der Waals surface area contributed by atoms with E-state index in [0.717, 1.165) is 11.1 Å². The van der Waals surface area contributed by atoms with Crippen LogP contribution in [0.4, 0.5) is 11.4 Å². The van der Waals surface area contributed by atoms with Crippen LogP contribution in [0.5, 0.6) is 0 Å². The first kappa shape index (κ1) is 19.1. The molecule has 0 unspecified atom stereocenters. The van der Waals surface area contributed by atoms with Gasteiger partial charge in [-0.2, -0.15) is 0 Å². The number of fused-ring (bicyclic) bond motifs is 1. The number of Topliss-reactive ketones (excluding diaryl/α,β-unsaturated/α-hetero) is 1. The van der Waals surface area contributed by atoms with Crippen LogP contribution < -0.4 is 9.62 Å². The molecule has 0 saturated heterocycles. The Bertz CT molecular complexity index is 999. The number of hydrogen-bond donors (Lipinski definition) is 1. The van der Waals surface area contributed by atoms with Crippen molar-refractivity contribution in [1.82, 2.24) is 0 Å². The van der Waals surface area contributed by atoms with Crippen LogP contribution in [0.1, 0.15) is 34.3 Å². The summed E-state index contributed by atoms with van der Waals surface area (Å²) in [5.74, 6) is -0.296. The normalized spacial score (nSPS) is 13.3. The SMILES string of the molecule is Cc1ccccc1C(=O)CCC(=O)Nc1ccc2c(c1)CCN2S(C)(=O)=O. The van der Waals surface area contributed by atoms with Gasteiger partial charge >= 0.3 is 0 Å². The minimum Gasteiger partial charge on any atom is -0.326 e. The number of rotatable bonds is 6. The number of nitrogens with one attached hydrogen (secondary N) is 1. The highest BCUT2D eigenvalue weighted by atomic mass is 32.2. The number of benzene rings is 2. The predicted octanol–water partition coefficient (Wildman–Crippen LogP) is 2.92. The fourth-order valence-corrected chi connectivity index (χ4v) is 4.22. The summed E-state index contributed by atoms with van der Waals surface area (Å²) in [5, 5.41) is 2.79. The predicted molar refractivity (Wildman–Crippen MR) is 106 cm³/mol. The standard InChI is InChI=1S/C20H22N2O4S/c1-14-5-3-4-6-17(14)19(23)9-10-20(24)21-16-7-8-18-15(13-16)11-12-22(18)27(2,25)26/h3-8,13H,9-12H2,1-2H3,(H,21,24). The van der Waals surface area contributed by atoms with Gasteiger partial charge in [0.25, 0.3) is 0 Å². The van der Waals surface area contributed by atoms with E-state index in [-0.39, 0.29) is 24.5 Å². The van der Waals surface area contributed by atoms with Crippen molar-refractivity contribution in [2.75, 3.05) is 22.4 Å². The summed E-state index contributed by atoms with van der Waals surface area (Å²) in [6, 6.07) is 12.5. The zero-order chi connectivity index (χ0) is 19.6. The van der Waals surface area contributed by atoms with E-state index in [1.807, 2.05) is 25.1 Å². The molecule has 0 bridgehead atoms. The molecule has 1 heterocycles. The molecule has 1 aliphatic rings. The van der Waals surface area contributed by atoms with Crippen molar-refractivity contribution in [2.24, 2.45) is 0 Å². The van der Waals surface area contributed by atoms with Gasteiger partial charge in [0.15, 0.2) is 5.78 Å². The van der Waals surface area contributed by atoms with Crippen molar-refractivity contribution in [3.63, 3.8) is 0 Å². The lowest BCUT2D eigenvalue weighted by molar-refractivity contribution is -0.116. The lowest BCUT2D eigenvalue weighted by Crippen LogP contribution is -2.27. The summed E-state index contributed by atoms with van der Waals surface area (Å²) in [7, 11) is -3.29. The van der Waals surface area contributed by atoms with E-state index < -0.39 is 10.0 Å². The number of nitrogens with zero attached hydrogens (tertiary/aromatic N) is 1. The van der Waals surface area contributed by atoms with E-state index in [0.29, 0.717) is 29.9 Å². The Morgan fingerprint density at radius 2 is 1.85 bits per heavy atom. The minimum absolute atomic E-state index is 0.0546. The smallest absolute Gasteiger partial charge is 0.232 e. The molecule has 1 aliphatic heterocycles. The molecule has 0 atom stereocenters. The molecule has 2 aromatic rings. The van der Waals surface area contributed by atoms with Gasteiger partial charge in [-0.25, -0.2) is 8.42 Å². The number of anilines is 2. The molecule has 1 N–H and O–H groups in total. The molecule has 0 aromatic heterocycles. The third-order valence-electron chi connectivity index (χ3n) is 4.64. The van der Waals surface area contributed by atoms with Crippen LogP contribution in [0.15, 0.2) is 42.5 Å². The van der Waals surface area contributed by atoms with E-state index in [1.54, 1.807) is 24.3 Å². The first-order valence-electron chi connectivity index (χ1n) is 8.75. The van der Waals surface area contributed by atoms with Crippen molar-refractivity contribution in [3.05, 3.63) is 59.2 Å². The van der Waals surface area contributed by atoms with Crippen LogP contribution in [0.25, 0.3) is 0 Å². The van der Waals surface area contributed by atoms with Crippen LogP contribution in [0.2, 0.25) is 0 Å². The van der Waals surface area contributed by atoms with E-state index in [4.69, 9.17) is 0 Å². The van der Waals surface area contributed by atoms with Crippen LogP contribution in [0, 0.1) is 6.92 Å². The zero-order valence-electron chi connectivity index (χ0n) is 15.4. The minimum atomic E-state index is -3.29. The molecular weight excluding hydrogens is 364 g/mol. The number of carbonyl (C=O) groups is 2. The second kappa shape index (κ2) is 7.52. The maximum Gasteiger partial charge on any atom is 0.232 e. The molecule has 0 aliphatic carbocycles. The van der Waals surface area contributed by atoms with Crippen LogP contribution >= 0.6 is 0 Å². The molecule has 2 aromatic carbocycles. The van der Waals surface area contributed by atoms with Gasteiger partial charge in [-0.15, -0.1) is 0 Å². The number of hydrogen-bond acceptors (Lipinski definition) is 4. The number of amides is 1. The summed E-state index contributed by atoms with van der Waals surface area (Å²) in [5.41, 5.74) is 3.69. The first-order chi connectivity index (χ1) is 12.8. The Balaban J connectivity index is 1.61. The van der Waals surface area contributed by atoms with Crippen molar-refractivity contribution in [2.45, 2.75) is 26.2 Å². The molecule has 0 fully saturated rings. The number of aryl methyl sites for hydroxylation is 1. The molecule has 7 heteroatoms. The summed E-state index contributed by atoms with van der Waals surface area (Å²) in [6.07, 6.45) is 2.03. The van der Waals surface area contributed by atoms with E-state index in [1.165, 1.54) is 10.6 Å². The maximum absolute atomic E-state index is 12.3. The lowest BCUT2D eigenvalue weighted by atomic mass is 10.0. The molecule has 0 spiro atoms. The highest BCUT2D eigenvalue weighted by Crippen LogP contribution is 2.32. The largest absolute Gasteiger partial charge is 0.326 e. The molecule has 27 heavy (non-hydrogen) atoms. The van der Waals surface area contributed by atoms with Gasteiger partial charge in [-0.3, -0.25) is 13.9 Å². The fraction of sp³-hybridized carbons (Fsp3) is 0.300. The average molecular weight is 386 g/mol. The van der Waals surface area contributed by atoms with Crippen molar-refractivity contribution < 1.29 is 18.0 Å². The Hall–Kier alpha value is -2.67. The molecule has 0 saturated carbocycles. The zero-order valence-corrected chi connectivity index (χ0v) is 16.2. The lowest BCUT2D eigenvalue weighted by Gasteiger charge is -2.16. The van der Waals surface area contributed by atoms with Gasteiger partial charge in [0.2, 0.25) is 15.9 Å². The average Bonchev–Trinajstić information content (AvgIpc) is 3.03. The monoisotopic (exact) mass is 386 g/mol. The molecule has 142 valence electrons. The number of ketones is 1. The maximum atomic E-state index is 12.3. The Morgan fingerprint density at radius 3 is 2.56 bits per heavy atom. The van der Waals surface area contributed by atoms with Gasteiger partial charge in [-0.1, -0.05) is 24.3 Å². The van der Waals surface area contributed by atoms with Crippen molar-refractivity contribution in [1.29, 1.82) is 0 Å². The van der Waals surface area contributed by atoms with Gasteiger partial charge in [0, 0.05) is 30.6 Å². The van der Waals surface area contributed by atoms with Crippen LogP contribution in [0.3, 0.4) is 0 Å². The van der Waals surface area contributed by atoms with Crippen LogP contribution in [-0.4, -0.2) is 32.9 Å². The first-order valence-corrected chi connectivity index (χ1v) is 10.6. The third-order valence-corrected chi connectivity index (χ3v) is 5.82. The topological polar surface area (TPSA) is 83.6 Å². The van der Waals surface area contributed by atoms with E-state index >= 15 is 0 Å². The molecule has 0 radical (unpaired) electrons. The number of carbonyl (C=O) groups excluding carboxylic acids is 2. The van der Waals surface area contributed by atoms with E-state index in [9.17, 15) is 18.0 Å². The van der Waals surface area contributed by atoms with Gasteiger partial charge < -0.3 is 5.32 Å². The quantitative estimate of drug-likeness (QED) is 0.774. The second-order valence-electron chi connectivity index (χ2n) is 6.71. The van der Waals surface area contributed by atoms with Gasteiger partial charge in [0.1, 0.15) is 0 Å². The Morgan fingerprint density at radius 1 is 1.11 bits per heavy atom. The van der Waals surface area contributed by atoms with Gasteiger partial charge in [0.05, 0.1) is 11.9 Å². The van der Waals surface area contributed by atoms with Crippen molar-refractivity contribution in [3.8, 4) is 0 Å². The summed E-state index contributed by atoms with van der Waals surface area (Å²) in [6.45, 7) is 2.29. The van der Waals surface area contributed by atoms with E-state index in [2.05, 4.69) is 5.32 Å². The summed E-state index contributed by atoms with van der Waals surface area (Å²) >= 11 is 0.